The summed E-state index contributed by atoms with van der Waals surface area (Å²) < 4.78 is 1.51. The van der Waals surface area contributed by atoms with Gasteiger partial charge in [-0.05, 0) is 12.2 Å². The molecule has 0 spiro atoms. The van der Waals surface area contributed by atoms with Gasteiger partial charge in [-0.15, -0.1) is 5.10 Å². The number of aliphatic hydroxyl groups is 1. The Kier molecular flexibility index (Phi) is 7.38. The average molecular weight is 274 g/mol. The molecule has 1 heterocycles. The van der Waals surface area contributed by atoms with Crippen LogP contribution in [0.1, 0.15) is 16.9 Å². The van der Waals surface area contributed by atoms with Gasteiger partial charge < -0.3 is 15.5 Å². The number of aliphatic hydroxyl groups excluding tert-OH is 1. The molecule has 1 aromatic heterocycles. The second-order valence-electron chi connectivity index (χ2n) is 3.61. The molecule has 102 valence electrons. The van der Waals surface area contributed by atoms with Crippen LogP contribution in [0.15, 0.2) is 6.20 Å². The maximum absolute atomic E-state index is 10.6. The van der Waals surface area contributed by atoms with Crippen LogP contribution in [0.4, 0.5) is 0 Å². The Morgan fingerprint density at radius 2 is 2.28 bits per heavy atom. The maximum atomic E-state index is 10.6. The van der Waals surface area contributed by atoms with Crippen LogP contribution in [0.25, 0.3) is 0 Å². The molecule has 0 aliphatic carbocycles. The number of carboxylic acid groups (broad SMARTS) is 1. The van der Waals surface area contributed by atoms with Crippen LogP contribution in [0, 0.1) is 0 Å². The number of aromatic carboxylic acids is 1. The van der Waals surface area contributed by atoms with Crippen molar-refractivity contribution in [1.29, 1.82) is 0 Å². The minimum Gasteiger partial charge on any atom is -0.476 e. The van der Waals surface area contributed by atoms with E-state index in [2.05, 4.69) is 15.6 Å². The molecule has 0 fully saturated rings. The second kappa shape index (κ2) is 8.90. The van der Waals surface area contributed by atoms with Crippen LogP contribution in [0.3, 0.4) is 0 Å². The van der Waals surface area contributed by atoms with E-state index in [1.54, 1.807) is 11.8 Å². The smallest absolute Gasteiger partial charge is 0.358 e. The summed E-state index contributed by atoms with van der Waals surface area (Å²) in [5.74, 6) is 0.913. The number of nitrogens with one attached hydrogen (secondary N) is 1. The number of hydrogen-bond acceptors (Lipinski definition) is 6. The van der Waals surface area contributed by atoms with Gasteiger partial charge in [0.05, 0.1) is 12.7 Å². The fourth-order valence-electron chi connectivity index (χ4n) is 1.24. The molecule has 8 heteroatoms. The zero-order valence-corrected chi connectivity index (χ0v) is 10.9. The third kappa shape index (κ3) is 5.99. The van der Waals surface area contributed by atoms with Crippen LogP contribution in [-0.2, 0) is 6.54 Å². The van der Waals surface area contributed by atoms with Crippen LogP contribution in [-0.4, -0.2) is 62.4 Å². The van der Waals surface area contributed by atoms with E-state index in [4.69, 9.17) is 10.2 Å². The zero-order valence-electron chi connectivity index (χ0n) is 10.1. The highest BCUT2D eigenvalue weighted by Gasteiger charge is 2.07. The van der Waals surface area contributed by atoms with Crippen LogP contribution in [0.2, 0.25) is 0 Å². The summed E-state index contributed by atoms with van der Waals surface area (Å²) in [5.41, 5.74) is -0.0328. The summed E-state index contributed by atoms with van der Waals surface area (Å²) in [6, 6.07) is 0. The molecule has 0 saturated heterocycles. The van der Waals surface area contributed by atoms with Crippen molar-refractivity contribution >= 4 is 17.7 Å². The minimum atomic E-state index is -1.06. The van der Waals surface area contributed by atoms with E-state index in [9.17, 15) is 4.79 Å². The molecule has 0 aliphatic rings. The number of thioether (sulfide) groups is 1. The first-order chi connectivity index (χ1) is 8.74. The molecule has 0 amide bonds. The van der Waals surface area contributed by atoms with Gasteiger partial charge in [0.15, 0.2) is 5.69 Å². The first-order valence-corrected chi connectivity index (χ1v) is 6.92. The third-order valence-corrected chi connectivity index (χ3v) is 3.22. The van der Waals surface area contributed by atoms with Gasteiger partial charge in [-0.1, -0.05) is 5.21 Å². The monoisotopic (exact) mass is 274 g/mol. The molecule has 0 atom stereocenters. The molecule has 3 N–H and O–H groups in total. The maximum Gasteiger partial charge on any atom is 0.358 e. The molecule has 18 heavy (non-hydrogen) atoms. The standard InChI is InChI=1S/C10H18N4O3S/c15-5-1-6-18-7-3-11-2-4-14-8-9(10(16)17)12-13-14/h8,11,15H,1-7H2,(H,16,17). The lowest BCUT2D eigenvalue weighted by Crippen LogP contribution is -2.22. The minimum absolute atomic E-state index is 0.0328. The molecule has 0 radical (unpaired) electrons. The van der Waals surface area contributed by atoms with E-state index < -0.39 is 5.97 Å². The van der Waals surface area contributed by atoms with Gasteiger partial charge in [0, 0.05) is 25.4 Å². The highest BCUT2D eigenvalue weighted by molar-refractivity contribution is 7.99. The Morgan fingerprint density at radius 1 is 1.44 bits per heavy atom. The molecule has 7 nitrogen and oxygen atoms in total. The van der Waals surface area contributed by atoms with Crippen LogP contribution in [0.5, 0.6) is 0 Å². The predicted molar refractivity (Wildman–Crippen MR) is 68.9 cm³/mol. The molecule has 0 aliphatic heterocycles. The van der Waals surface area contributed by atoms with Crippen molar-refractivity contribution in [1.82, 2.24) is 20.3 Å². The zero-order chi connectivity index (χ0) is 13.2. The third-order valence-electron chi connectivity index (χ3n) is 2.15. The molecule has 0 bridgehead atoms. The normalized spacial score (nSPS) is 10.7. The highest BCUT2D eigenvalue weighted by atomic mass is 32.2. The predicted octanol–water partition coefficient (Wildman–Crippen LogP) is -0.319. The van der Waals surface area contributed by atoms with Crippen molar-refractivity contribution in [2.24, 2.45) is 0 Å². The fourth-order valence-corrected chi connectivity index (χ4v) is 2.06. The van der Waals surface area contributed by atoms with Gasteiger partial charge in [-0.3, -0.25) is 4.68 Å². The molecule has 1 rings (SSSR count). The molecular weight excluding hydrogens is 256 g/mol. The van der Waals surface area contributed by atoms with Crippen molar-refractivity contribution in [2.45, 2.75) is 13.0 Å². The van der Waals surface area contributed by atoms with Gasteiger partial charge in [0.2, 0.25) is 0 Å². The number of hydrogen-bond donors (Lipinski definition) is 3. The van der Waals surface area contributed by atoms with Gasteiger partial charge in [0.1, 0.15) is 0 Å². The number of carboxylic acids is 1. The number of aromatic nitrogens is 3. The Balaban J connectivity index is 2.02. The van der Waals surface area contributed by atoms with Crippen molar-refractivity contribution in [3.05, 3.63) is 11.9 Å². The van der Waals surface area contributed by atoms with Crippen LogP contribution < -0.4 is 5.32 Å². The van der Waals surface area contributed by atoms with Gasteiger partial charge >= 0.3 is 5.97 Å². The van der Waals surface area contributed by atoms with E-state index in [-0.39, 0.29) is 12.3 Å². The number of nitrogens with zero attached hydrogens (tertiary/aromatic N) is 3. The summed E-state index contributed by atoms with van der Waals surface area (Å²) in [5, 5.41) is 27.7. The van der Waals surface area contributed by atoms with Crippen molar-refractivity contribution < 1.29 is 15.0 Å². The SMILES string of the molecule is O=C(O)c1cn(CCNCCSCCCO)nn1. The summed E-state index contributed by atoms with van der Waals surface area (Å²) in [7, 11) is 0. The molecule has 0 unspecified atom stereocenters. The molecule has 0 saturated carbocycles. The number of carbonyl (C=O) groups is 1. The summed E-state index contributed by atoms with van der Waals surface area (Å²) in [6.45, 7) is 2.46. The van der Waals surface area contributed by atoms with Gasteiger partial charge in [-0.2, -0.15) is 11.8 Å². The van der Waals surface area contributed by atoms with Crippen molar-refractivity contribution in [3.63, 3.8) is 0 Å². The topological polar surface area (TPSA) is 100 Å². The molecule has 0 aromatic carbocycles. The second-order valence-corrected chi connectivity index (χ2v) is 4.84. The Morgan fingerprint density at radius 3 is 2.94 bits per heavy atom. The Bertz CT molecular complexity index is 359. The largest absolute Gasteiger partial charge is 0.476 e. The molecular formula is C10H18N4O3S. The van der Waals surface area contributed by atoms with Crippen LogP contribution >= 0.6 is 11.8 Å². The fraction of sp³-hybridized carbons (Fsp3) is 0.700. The first kappa shape index (κ1) is 14.9. The Labute approximate surface area is 110 Å². The summed E-state index contributed by atoms with van der Waals surface area (Å²) in [4.78, 5) is 10.6. The van der Waals surface area contributed by atoms with Crippen molar-refractivity contribution in [3.8, 4) is 0 Å². The average Bonchev–Trinajstić information content (AvgIpc) is 2.81. The van der Waals surface area contributed by atoms with Gasteiger partial charge in [-0.25, -0.2) is 4.79 Å². The van der Waals surface area contributed by atoms with E-state index in [0.29, 0.717) is 6.54 Å². The quantitative estimate of drug-likeness (QED) is 0.503. The van der Waals surface area contributed by atoms with Gasteiger partial charge in [0.25, 0.3) is 0 Å². The lowest BCUT2D eigenvalue weighted by atomic mass is 10.5. The summed E-state index contributed by atoms with van der Waals surface area (Å²) in [6.07, 6.45) is 2.25. The Hall–Kier alpha value is -1.12. The lowest BCUT2D eigenvalue weighted by molar-refractivity contribution is 0.0690. The van der Waals surface area contributed by atoms with Crippen molar-refractivity contribution in [2.75, 3.05) is 31.2 Å². The lowest BCUT2D eigenvalue weighted by Gasteiger charge is -2.04. The number of rotatable bonds is 10. The molecule has 1 aromatic rings. The summed E-state index contributed by atoms with van der Waals surface area (Å²) >= 11 is 1.80. The first-order valence-electron chi connectivity index (χ1n) is 5.77. The highest BCUT2D eigenvalue weighted by Crippen LogP contribution is 1.99. The van der Waals surface area contributed by atoms with E-state index in [1.807, 2.05) is 0 Å². The van der Waals surface area contributed by atoms with E-state index in [1.165, 1.54) is 10.9 Å². The van der Waals surface area contributed by atoms with E-state index >= 15 is 0 Å². The van der Waals surface area contributed by atoms with E-state index in [0.717, 1.165) is 31.0 Å².